The predicted molar refractivity (Wildman–Crippen MR) is 95.8 cm³/mol. The molecule has 26 heavy (non-hydrogen) atoms. The first-order valence-electron chi connectivity index (χ1n) is 7.88. The fraction of sp³-hybridized carbons (Fsp3) is 0.111. The van der Waals surface area contributed by atoms with Crippen molar-refractivity contribution in [1.82, 2.24) is 25.4 Å². The predicted octanol–water partition coefficient (Wildman–Crippen LogP) is 4.26. The van der Waals surface area contributed by atoms with Crippen LogP contribution in [0.5, 0.6) is 0 Å². The average molecular weight is 367 g/mol. The van der Waals surface area contributed by atoms with Crippen LogP contribution in [0.2, 0.25) is 0 Å². The Labute approximate surface area is 152 Å². The van der Waals surface area contributed by atoms with Crippen LogP contribution in [-0.2, 0) is 5.75 Å². The molecule has 0 saturated carbocycles. The van der Waals surface area contributed by atoms with Gasteiger partial charge < -0.3 is 4.42 Å². The highest BCUT2D eigenvalue weighted by Gasteiger charge is 2.11. The molecule has 0 radical (unpaired) electrons. The molecule has 8 heteroatoms. The van der Waals surface area contributed by atoms with E-state index >= 15 is 0 Å². The van der Waals surface area contributed by atoms with E-state index < -0.39 is 0 Å². The maximum Gasteiger partial charge on any atom is 0.247 e. The van der Waals surface area contributed by atoms with Crippen LogP contribution >= 0.6 is 11.8 Å². The van der Waals surface area contributed by atoms with Crippen LogP contribution in [0.25, 0.3) is 22.8 Å². The molecule has 0 aliphatic rings. The highest BCUT2D eigenvalue weighted by molar-refractivity contribution is 7.98. The maximum atomic E-state index is 13.0. The van der Waals surface area contributed by atoms with E-state index in [0.29, 0.717) is 34.1 Å². The number of hydrogen-bond donors (Lipinski definition) is 1. The van der Waals surface area contributed by atoms with Crippen LogP contribution in [0.15, 0.2) is 58.1 Å². The minimum absolute atomic E-state index is 0.307. The number of halogens is 1. The van der Waals surface area contributed by atoms with E-state index in [0.717, 1.165) is 11.1 Å². The fourth-order valence-electron chi connectivity index (χ4n) is 2.38. The van der Waals surface area contributed by atoms with Crippen LogP contribution in [0, 0.1) is 12.7 Å². The lowest BCUT2D eigenvalue weighted by molar-refractivity contribution is 0.528. The lowest BCUT2D eigenvalue weighted by Crippen LogP contribution is -1.83. The second-order valence-electron chi connectivity index (χ2n) is 5.63. The second-order valence-corrected chi connectivity index (χ2v) is 6.58. The Morgan fingerprint density at radius 1 is 1.08 bits per heavy atom. The number of nitrogens with one attached hydrogen (secondary N) is 1. The molecule has 4 aromatic rings. The smallest absolute Gasteiger partial charge is 0.247 e. The maximum absolute atomic E-state index is 13.0. The molecule has 2 heterocycles. The average Bonchev–Trinajstić information content (AvgIpc) is 3.30. The zero-order valence-electron chi connectivity index (χ0n) is 13.8. The van der Waals surface area contributed by atoms with E-state index in [9.17, 15) is 4.39 Å². The fourth-order valence-corrected chi connectivity index (χ4v) is 3.02. The molecular formula is C18H14FN5OS. The number of aromatic amines is 1. The van der Waals surface area contributed by atoms with Crippen molar-refractivity contribution in [3.8, 4) is 22.8 Å². The van der Waals surface area contributed by atoms with Gasteiger partial charge in [-0.2, -0.15) is 0 Å². The molecule has 0 saturated heterocycles. The summed E-state index contributed by atoms with van der Waals surface area (Å²) in [6.07, 6.45) is 0. The van der Waals surface area contributed by atoms with Gasteiger partial charge >= 0.3 is 0 Å². The van der Waals surface area contributed by atoms with E-state index in [-0.39, 0.29) is 5.82 Å². The Morgan fingerprint density at radius 3 is 2.73 bits per heavy atom. The molecule has 1 N–H and O–H groups in total. The van der Waals surface area contributed by atoms with Crippen molar-refractivity contribution in [1.29, 1.82) is 0 Å². The summed E-state index contributed by atoms with van der Waals surface area (Å²) in [5.41, 5.74) is 2.82. The number of aromatic nitrogens is 5. The standard InChI is InChI=1S/C18H14FN5OS/c1-11-3-2-4-13(9-11)16-20-18(24-22-16)26-10-15-21-23-17(25-15)12-5-7-14(19)8-6-12/h2-9H,10H2,1H3,(H,20,22,24). The first-order valence-corrected chi connectivity index (χ1v) is 8.86. The molecule has 130 valence electrons. The molecular weight excluding hydrogens is 353 g/mol. The Kier molecular flexibility index (Phi) is 4.49. The van der Waals surface area contributed by atoms with Gasteiger partial charge in [-0.1, -0.05) is 35.5 Å². The molecule has 0 fully saturated rings. The van der Waals surface area contributed by atoms with E-state index in [2.05, 4.69) is 25.4 Å². The van der Waals surface area contributed by atoms with Gasteiger partial charge in [-0.3, -0.25) is 5.10 Å². The van der Waals surface area contributed by atoms with Crippen LogP contribution in [-0.4, -0.2) is 25.4 Å². The van der Waals surface area contributed by atoms with Gasteiger partial charge in [0.2, 0.25) is 16.9 Å². The summed E-state index contributed by atoms with van der Waals surface area (Å²) in [5.74, 6) is 1.67. The summed E-state index contributed by atoms with van der Waals surface area (Å²) in [7, 11) is 0. The summed E-state index contributed by atoms with van der Waals surface area (Å²) in [6, 6.07) is 13.9. The highest BCUT2D eigenvalue weighted by Crippen LogP contribution is 2.24. The van der Waals surface area contributed by atoms with Crippen molar-refractivity contribution < 1.29 is 8.81 Å². The third-order valence-corrected chi connectivity index (χ3v) is 4.47. The minimum Gasteiger partial charge on any atom is -0.420 e. The highest BCUT2D eigenvalue weighted by atomic mass is 32.2. The summed E-state index contributed by atoms with van der Waals surface area (Å²) in [6.45, 7) is 2.03. The van der Waals surface area contributed by atoms with Gasteiger partial charge in [0.15, 0.2) is 5.82 Å². The van der Waals surface area contributed by atoms with Crippen LogP contribution in [0.3, 0.4) is 0 Å². The topological polar surface area (TPSA) is 80.5 Å². The molecule has 2 aromatic heterocycles. The molecule has 0 spiro atoms. The van der Waals surface area contributed by atoms with Crippen molar-refractivity contribution in [2.75, 3.05) is 0 Å². The van der Waals surface area contributed by atoms with Gasteiger partial charge in [-0.05, 0) is 37.3 Å². The SMILES string of the molecule is Cc1cccc(-c2nc(SCc3nnc(-c4ccc(F)cc4)o3)n[nH]2)c1. The first-order chi connectivity index (χ1) is 12.7. The largest absolute Gasteiger partial charge is 0.420 e. The molecule has 0 aliphatic heterocycles. The molecule has 2 aromatic carbocycles. The van der Waals surface area contributed by atoms with Crippen LogP contribution in [0.4, 0.5) is 4.39 Å². The third-order valence-electron chi connectivity index (χ3n) is 3.64. The lowest BCUT2D eigenvalue weighted by Gasteiger charge is -1.96. The minimum atomic E-state index is -0.307. The van der Waals surface area contributed by atoms with Gasteiger partial charge in [-0.15, -0.1) is 15.3 Å². The molecule has 0 atom stereocenters. The van der Waals surface area contributed by atoms with Crippen molar-refractivity contribution in [3.63, 3.8) is 0 Å². The Balaban J connectivity index is 1.43. The van der Waals surface area contributed by atoms with Crippen molar-refractivity contribution in [2.24, 2.45) is 0 Å². The summed E-state index contributed by atoms with van der Waals surface area (Å²) in [4.78, 5) is 4.48. The quantitative estimate of drug-likeness (QED) is 0.531. The number of nitrogens with zero attached hydrogens (tertiary/aromatic N) is 4. The van der Waals surface area contributed by atoms with Gasteiger partial charge in [-0.25, -0.2) is 9.37 Å². The molecule has 0 unspecified atom stereocenters. The summed E-state index contributed by atoms with van der Waals surface area (Å²) in [5, 5.41) is 15.7. The number of benzene rings is 2. The van der Waals surface area contributed by atoms with E-state index in [1.807, 2.05) is 31.2 Å². The summed E-state index contributed by atoms with van der Waals surface area (Å²) >= 11 is 1.39. The molecule has 0 bridgehead atoms. The normalized spacial score (nSPS) is 11.0. The van der Waals surface area contributed by atoms with Crippen LogP contribution in [0.1, 0.15) is 11.5 Å². The van der Waals surface area contributed by atoms with Gasteiger partial charge in [0.05, 0.1) is 5.75 Å². The van der Waals surface area contributed by atoms with Gasteiger partial charge in [0, 0.05) is 11.1 Å². The number of thioether (sulfide) groups is 1. The third kappa shape index (κ3) is 3.65. The van der Waals surface area contributed by atoms with Crippen molar-refractivity contribution in [3.05, 3.63) is 65.8 Å². The van der Waals surface area contributed by atoms with Crippen molar-refractivity contribution >= 4 is 11.8 Å². The first kappa shape index (κ1) is 16.5. The zero-order valence-corrected chi connectivity index (χ0v) is 14.6. The number of aryl methyl sites for hydroxylation is 1. The Morgan fingerprint density at radius 2 is 1.92 bits per heavy atom. The van der Waals surface area contributed by atoms with Crippen molar-refractivity contribution in [2.45, 2.75) is 17.8 Å². The lowest BCUT2D eigenvalue weighted by atomic mass is 10.1. The Bertz CT molecular complexity index is 1030. The molecule has 6 nitrogen and oxygen atoms in total. The number of H-pyrrole nitrogens is 1. The molecule has 0 aliphatic carbocycles. The van der Waals surface area contributed by atoms with Crippen LogP contribution < -0.4 is 0 Å². The summed E-state index contributed by atoms with van der Waals surface area (Å²) < 4.78 is 18.6. The zero-order chi connectivity index (χ0) is 17.9. The molecule has 0 amide bonds. The van der Waals surface area contributed by atoms with Gasteiger partial charge in [0.25, 0.3) is 0 Å². The number of hydrogen-bond acceptors (Lipinski definition) is 6. The Hall–Kier alpha value is -3.00. The number of rotatable bonds is 5. The second kappa shape index (κ2) is 7.09. The van der Waals surface area contributed by atoms with E-state index in [1.54, 1.807) is 12.1 Å². The van der Waals surface area contributed by atoms with E-state index in [4.69, 9.17) is 4.42 Å². The van der Waals surface area contributed by atoms with E-state index in [1.165, 1.54) is 23.9 Å². The van der Waals surface area contributed by atoms with Gasteiger partial charge in [0.1, 0.15) is 5.82 Å². The molecule has 4 rings (SSSR count). The monoisotopic (exact) mass is 367 g/mol.